The maximum absolute atomic E-state index is 5.82. The van der Waals surface area contributed by atoms with Crippen molar-refractivity contribution in [3.8, 4) is 0 Å². The van der Waals surface area contributed by atoms with Gasteiger partial charge in [-0.3, -0.25) is 4.90 Å². The van der Waals surface area contributed by atoms with Crippen molar-refractivity contribution in [1.82, 2.24) is 10.2 Å². The summed E-state index contributed by atoms with van der Waals surface area (Å²) in [5.74, 6) is 0. The Morgan fingerprint density at radius 1 is 1.15 bits per heavy atom. The van der Waals surface area contributed by atoms with E-state index in [4.69, 9.17) is 4.74 Å². The lowest BCUT2D eigenvalue weighted by atomic mass is 9.82. The molecule has 0 bridgehead atoms. The number of ether oxygens (including phenoxy) is 1. The van der Waals surface area contributed by atoms with Crippen LogP contribution in [0.25, 0.3) is 0 Å². The molecular formula is C17H34N2O. The molecule has 2 rings (SSSR count). The highest BCUT2D eigenvalue weighted by Crippen LogP contribution is 2.37. The Hall–Kier alpha value is -0.120. The second-order valence-corrected chi connectivity index (χ2v) is 7.11. The molecular weight excluding hydrogens is 248 g/mol. The lowest BCUT2D eigenvalue weighted by molar-refractivity contribution is -0.0277. The van der Waals surface area contributed by atoms with Crippen LogP contribution in [0.5, 0.6) is 0 Å². The number of hydrogen-bond donors (Lipinski definition) is 1. The van der Waals surface area contributed by atoms with Crippen LogP contribution in [-0.2, 0) is 4.74 Å². The molecule has 0 atom stereocenters. The summed E-state index contributed by atoms with van der Waals surface area (Å²) in [5, 5.41) is 3.93. The summed E-state index contributed by atoms with van der Waals surface area (Å²) in [5.41, 5.74) is 0.750. The molecule has 1 aliphatic heterocycles. The minimum absolute atomic E-state index is 0.341. The molecule has 1 heterocycles. The highest BCUT2D eigenvalue weighted by atomic mass is 16.5. The Balaban J connectivity index is 2.02. The smallest absolute Gasteiger partial charge is 0.0597 e. The summed E-state index contributed by atoms with van der Waals surface area (Å²) in [4.78, 5) is 2.75. The highest BCUT2D eigenvalue weighted by molar-refractivity contribution is 5.06. The Morgan fingerprint density at radius 3 is 2.35 bits per heavy atom. The van der Waals surface area contributed by atoms with Crippen LogP contribution in [0.4, 0.5) is 0 Å². The minimum atomic E-state index is 0.341. The molecule has 20 heavy (non-hydrogen) atoms. The van der Waals surface area contributed by atoms with E-state index in [1.165, 1.54) is 45.1 Å². The van der Waals surface area contributed by atoms with Gasteiger partial charge in [0.1, 0.15) is 0 Å². The Labute approximate surface area is 125 Å². The molecule has 1 saturated carbocycles. The highest BCUT2D eigenvalue weighted by Gasteiger charge is 2.46. The fourth-order valence-electron chi connectivity index (χ4n) is 4.10. The monoisotopic (exact) mass is 282 g/mol. The molecule has 0 aromatic rings. The van der Waals surface area contributed by atoms with Gasteiger partial charge in [-0.25, -0.2) is 0 Å². The summed E-state index contributed by atoms with van der Waals surface area (Å²) in [6, 6.07) is 0. The van der Waals surface area contributed by atoms with Gasteiger partial charge in [0.2, 0.25) is 0 Å². The zero-order chi connectivity index (χ0) is 14.6. The summed E-state index contributed by atoms with van der Waals surface area (Å²) in [6.45, 7) is 13.3. The fourth-order valence-corrected chi connectivity index (χ4v) is 4.10. The molecule has 3 nitrogen and oxygen atoms in total. The van der Waals surface area contributed by atoms with Gasteiger partial charge in [0.15, 0.2) is 0 Å². The van der Waals surface area contributed by atoms with Crippen molar-refractivity contribution in [1.29, 1.82) is 0 Å². The lowest BCUT2D eigenvalue weighted by Crippen LogP contribution is -2.69. The summed E-state index contributed by atoms with van der Waals surface area (Å²) >= 11 is 0. The topological polar surface area (TPSA) is 24.5 Å². The molecule has 1 spiro atoms. The number of nitrogens with zero attached hydrogens (tertiary/aromatic N) is 1. The van der Waals surface area contributed by atoms with Crippen molar-refractivity contribution in [2.75, 3.05) is 26.2 Å². The molecule has 2 aliphatic rings. The van der Waals surface area contributed by atoms with Crippen LogP contribution in [-0.4, -0.2) is 48.3 Å². The number of nitrogens with one attached hydrogen (secondary N) is 1. The van der Waals surface area contributed by atoms with Crippen molar-refractivity contribution in [3.05, 3.63) is 0 Å². The van der Waals surface area contributed by atoms with Crippen LogP contribution in [0.2, 0.25) is 0 Å². The first kappa shape index (κ1) is 16.3. The van der Waals surface area contributed by atoms with E-state index >= 15 is 0 Å². The third-order valence-corrected chi connectivity index (χ3v) is 5.65. The van der Waals surface area contributed by atoms with Crippen LogP contribution in [0.1, 0.15) is 66.2 Å². The Morgan fingerprint density at radius 2 is 1.80 bits per heavy atom. The normalized spacial score (nSPS) is 25.6. The van der Waals surface area contributed by atoms with Crippen molar-refractivity contribution in [3.63, 3.8) is 0 Å². The van der Waals surface area contributed by atoms with Crippen molar-refractivity contribution in [2.24, 2.45) is 0 Å². The predicted molar refractivity (Wildman–Crippen MR) is 85.2 cm³/mol. The summed E-state index contributed by atoms with van der Waals surface area (Å²) < 4.78 is 5.82. The molecule has 0 radical (unpaired) electrons. The Bertz CT molecular complexity index is 293. The van der Waals surface area contributed by atoms with Crippen molar-refractivity contribution >= 4 is 0 Å². The molecule has 1 aliphatic carbocycles. The molecule has 0 aromatic carbocycles. The second-order valence-electron chi connectivity index (χ2n) is 7.11. The van der Waals surface area contributed by atoms with Crippen LogP contribution >= 0.6 is 0 Å². The fraction of sp³-hybridized carbons (Fsp3) is 1.00. The lowest BCUT2D eigenvalue weighted by Gasteiger charge is -2.53. The second kappa shape index (κ2) is 6.76. The standard InChI is InChI=1S/C17H34N2O/c1-5-17(6-2)13-18-16(9-7-8-10-16)14-19(17)11-12-20-15(3)4/h15,18H,5-14H2,1-4H3. The third-order valence-electron chi connectivity index (χ3n) is 5.65. The number of piperazine rings is 1. The van der Waals surface area contributed by atoms with Gasteiger partial charge < -0.3 is 10.1 Å². The molecule has 0 aromatic heterocycles. The van der Waals surface area contributed by atoms with E-state index in [0.29, 0.717) is 17.2 Å². The first-order valence-electron chi connectivity index (χ1n) is 8.67. The van der Waals surface area contributed by atoms with Crippen LogP contribution in [0, 0.1) is 0 Å². The summed E-state index contributed by atoms with van der Waals surface area (Å²) in [6.07, 6.45) is 8.32. The van der Waals surface area contributed by atoms with Crippen LogP contribution in [0.15, 0.2) is 0 Å². The van der Waals surface area contributed by atoms with Crippen LogP contribution in [0.3, 0.4) is 0 Å². The molecule has 2 fully saturated rings. The maximum Gasteiger partial charge on any atom is 0.0597 e. The van der Waals surface area contributed by atoms with Gasteiger partial charge in [-0.05, 0) is 39.5 Å². The largest absolute Gasteiger partial charge is 0.377 e. The van der Waals surface area contributed by atoms with E-state index in [1.54, 1.807) is 0 Å². The number of hydrogen-bond acceptors (Lipinski definition) is 3. The Kier molecular flexibility index (Phi) is 5.49. The molecule has 3 heteroatoms. The van der Waals surface area contributed by atoms with Gasteiger partial charge >= 0.3 is 0 Å². The molecule has 0 unspecified atom stereocenters. The molecule has 118 valence electrons. The number of rotatable bonds is 6. The predicted octanol–water partition coefficient (Wildman–Crippen LogP) is 3.19. The van der Waals surface area contributed by atoms with Gasteiger partial charge in [-0.15, -0.1) is 0 Å². The first-order valence-corrected chi connectivity index (χ1v) is 8.67. The van der Waals surface area contributed by atoms with Gasteiger partial charge in [0, 0.05) is 30.7 Å². The minimum Gasteiger partial charge on any atom is -0.377 e. The first-order chi connectivity index (χ1) is 9.56. The average molecular weight is 282 g/mol. The molecule has 0 amide bonds. The van der Waals surface area contributed by atoms with E-state index in [-0.39, 0.29) is 0 Å². The maximum atomic E-state index is 5.82. The zero-order valence-corrected chi connectivity index (χ0v) is 14.0. The molecule has 1 saturated heterocycles. The summed E-state index contributed by atoms with van der Waals surface area (Å²) in [7, 11) is 0. The van der Waals surface area contributed by atoms with E-state index in [0.717, 1.165) is 19.7 Å². The van der Waals surface area contributed by atoms with Crippen LogP contribution < -0.4 is 5.32 Å². The quantitative estimate of drug-likeness (QED) is 0.810. The van der Waals surface area contributed by atoms with Gasteiger partial charge in [0.05, 0.1) is 12.7 Å². The van der Waals surface area contributed by atoms with Crippen molar-refractivity contribution < 1.29 is 4.74 Å². The van der Waals surface area contributed by atoms with Crippen molar-refractivity contribution in [2.45, 2.75) is 83.4 Å². The van der Waals surface area contributed by atoms with E-state index in [9.17, 15) is 0 Å². The van der Waals surface area contributed by atoms with E-state index in [2.05, 4.69) is 37.9 Å². The SMILES string of the molecule is CCC1(CC)CNC2(CCCC2)CN1CCOC(C)C. The van der Waals surface area contributed by atoms with Gasteiger partial charge in [-0.2, -0.15) is 0 Å². The van der Waals surface area contributed by atoms with E-state index in [1.807, 2.05) is 0 Å². The molecule has 1 N–H and O–H groups in total. The van der Waals surface area contributed by atoms with Gasteiger partial charge in [0.25, 0.3) is 0 Å². The third kappa shape index (κ3) is 3.37. The zero-order valence-electron chi connectivity index (χ0n) is 14.0. The van der Waals surface area contributed by atoms with E-state index < -0.39 is 0 Å². The average Bonchev–Trinajstić information content (AvgIpc) is 2.88. The van der Waals surface area contributed by atoms with Gasteiger partial charge in [-0.1, -0.05) is 26.7 Å².